The molecule has 1 aromatic carbocycles. The minimum absolute atomic E-state index is 0.119. The Labute approximate surface area is 167 Å². The van der Waals surface area contributed by atoms with Gasteiger partial charge in [0.25, 0.3) is 5.56 Å². The van der Waals surface area contributed by atoms with E-state index < -0.39 is 0 Å². The van der Waals surface area contributed by atoms with E-state index in [-0.39, 0.29) is 23.3 Å². The highest BCUT2D eigenvalue weighted by molar-refractivity contribution is 5.60. The topological polar surface area (TPSA) is 75.1 Å². The smallest absolute Gasteiger partial charge is 0.272 e. The summed E-state index contributed by atoms with van der Waals surface area (Å²) >= 11 is 0. The van der Waals surface area contributed by atoms with E-state index >= 15 is 0 Å². The highest BCUT2D eigenvalue weighted by Gasteiger charge is 2.19. The Balaban J connectivity index is 1.65. The Morgan fingerprint density at radius 2 is 1.93 bits per heavy atom. The minimum atomic E-state index is -0.259. The molecule has 0 fully saturated rings. The molecule has 0 amide bonds. The molecule has 29 heavy (non-hydrogen) atoms. The average Bonchev–Trinajstić information content (AvgIpc) is 3.15. The van der Waals surface area contributed by atoms with Gasteiger partial charge in [0, 0.05) is 24.9 Å². The first-order valence-electron chi connectivity index (χ1n) is 9.53. The van der Waals surface area contributed by atoms with E-state index in [9.17, 15) is 9.18 Å². The number of rotatable bonds is 6. The van der Waals surface area contributed by atoms with Crippen LogP contribution in [0.4, 0.5) is 4.39 Å². The van der Waals surface area contributed by atoms with Gasteiger partial charge in [-0.05, 0) is 35.7 Å². The summed E-state index contributed by atoms with van der Waals surface area (Å²) < 4.78 is 14.5. The van der Waals surface area contributed by atoms with Gasteiger partial charge in [0.2, 0.25) is 0 Å². The van der Waals surface area contributed by atoms with Crippen LogP contribution in [0.2, 0.25) is 0 Å². The van der Waals surface area contributed by atoms with Crippen LogP contribution in [0.1, 0.15) is 31.1 Å². The number of nitrogens with zero attached hydrogens (tertiary/aromatic N) is 3. The third-order valence-corrected chi connectivity index (χ3v) is 4.84. The lowest BCUT2D eigenvalue weighted by Crippen LogP contribution is -2.28. The van der Waals surface area contributed by atoms with Crippen molar-refractivity contribution in [3.8, 4) is 11.4 Å². The molecule has 3 heterocycles. The number of halogens is 1. The van der Waals surface area contributed by atoms with Gasteiger partial charge in [0.05, 0.1) is 23.1 Å². The van der Waals surface area contributed by atoms with E-state index in [2.05, 4.69) is 29.2 Å². The van der Waals surface area contributed by atoms with Crippen LogP contribution in [0.25, 0.3) is 17.0 Å². The molecule has 0 aliphatic heterocycles. The van der Waals surface area contributed by atoms with E-state index in [1.54, 1.807) is 24.4 Å². The van der Waals surface area contributed by atoms with E-state index in [4.69, 9.17) is 4.98 Å². The zero-order chi connectivity index (χ0) is 20.4. The highest BCUT2D eigenvalue weighted by Crippen LogP contribution is 2.22. The molecule has 0 radical (unpaired) electrons. The van der Waals surface area contributed by atoms with Gasteiger partial charge in [-0.25, -0.2) is 13.9 Å². The fourth-order valence-corrected chi connectivity index (χ4v) is 3.33. The van der Waals surface area contributed by atoms with Crippen molar-refractivity contribution in [3.63, 3.8) is 0 Å². The molecule has 4 rings (SSSR count). The van der Waals surface area contributed by atoms with E-state index in [1.807, 2.05) is 24.3 Å². The van der Waals surface area contributed by atoms with Gasteiger partial charge >= 0.3 is 0 Å². The predicted octanol–water partition coefficient (Wildman–Crippen LogP) is 3.71. The standard InChI is InChI=1S/C22H22FN5O/c1-14(2)22(25-13-15-6-8-16(23)9-7-15)19-12-21(29)28-20(26-19)11-18(27-28)17-5-3-4-10-24-17/h3-12,14,22,25,27H,13H2,1-2H3/t22-/m0/s1. The van der Waals surface area contributed by atoms with Crippen LogP contribution in [-0.2, 0) is 6.54 Å². The maximum atomic E-state index is 13.1. The van der Waals surface area contributed by atoms with Crippen LogP contribution < -0.4 is 10.9 Å². The number of nitrogens with one attached hydrogen (secondary N) is 2. The van der Waals surface area contributed by atoms with Crippen molar-refractivity contribution in [2.75, 3.05) is 0 Å². The number of pyridine rings is 1. The molecule has 0 aliphatic carbocycles. The number of hydrogen-bond donors (Lipinski definition) is 2. The third-order valence-electron chi connectivity index (χ3n) is 4.84. The van der Waals surface area contributed by atoms with E-state index in [1.165, 1.54) is 16.6 Å². The maximum Gasteiger partial charge on any atom is 0.272 e. The van der Waals surface area contributed by atoms with Gasteiger partial charge in [-0.2, -0.15) is 0 Å². The van der Waals surface area contributed by atoms with Gasteiger partial charge in [-0.3, -0.25) is 14.9 Å². The van der Waals surface area contributed by atoms with Gasteiger partial charge in [0.1, 0.15) is 5.82 Å². The van der Waals surface area contributed by atoms with E-state index in [0.717, 1.165) is 17.0 Å². The van der Waals surface area contributed by atoms with Crippen molar-refractivity contribution in [3.05, 3.63) is 88.2 Å². The molecular formula is C22H22FN5O. The molecule has 0 bridgehead atoms. The molecule has 0 unspecified atom stereocenters. The zero-order valence-corrected chi connectivity index (χ0v) is 16.3. The largest absolute Gasteiger partial charge is 0.304 e. The Bertz CT molecular complexity index is 1170. The number of hydrogen-bond acceptors (Lipinski definition) is 4. The second kappa shape index (κ2) is 7.97. The number of benzene rings is 1. The van der Waals surface area contributed by atoms with Gasteiger partial charge in [-0.15, -0.1) is 0 Å². The Kier molecular flexibility index (Phi) is 5.22. The van der Waals surface area contributed by atoms with Crippen LogP contribution in [0, 0.1) is 11.7 Å². The summed E-state index contributed by atoms with van der Waals surface area (Å²) in [6.07, 6.45) is 1.70. The van der Waals surface area contributed by atoms with Gasteiger partial charge < -0.3 is 5.32 Å². The third kappa shape index (κ3) is 4.09. The molecule has 1 atom stereocenters. The normalized spacial score (nSPS) is 12.6. The molecule has 0 saturated carbocycles. The van der Waals surface area contributed by atoms with Crippen molar-refractivity contribution in [1.29, 1.82) is 0 Å². The van der Waals surface area contributed by atoms with Crippen LogP contribution in [0.5, 0.6) is 0 Å². The zero-order valence-electron chi connectivity index (χ0n) is 16.3. The molecule has 2 N–H and O–H groups in total. The Morgan fingerprint density at radius 1 is 1.14 bits per heavy atom. The fraction of sp³-hybridized carbons (Fsp3) is 0.227. The molecular weight excluding hydrogens is 369 g/mol. The summed E-state index contributed by atoms with van der Waals surface area (Å²) in [6.45, 7) is 4.70. The molecule has 6 nitrogen and oxygen atoms in total. The lowest BCUT2D eigenvalue weighted by molar-refractivity contribution is 0.402. The molecule has 3 aromatic heterocycles. The van der Waals surface area contributed by atoms with Gasteiger partial charge in [-0.1, -0.05) is 32.0 Å². The SMILES string of the molecule is CC(C)[C@H](NCc1ccc(F)cc1)c1cc(=O)n2[nH]c(-c3ccccn3)cc2n1. The molecule has 0 spiro atoms. The second-order valence-electron chi connectivity index (χ2n) is 7.33. The molecule has 4 aromatic rings. The van der Waals surface area contributed by atoms with Crippen molar-refractivity contribution < 1.29 is 4.39 Å². The number of aromatic nitrogens is 4. The summed E-state index contributed by atoms with van der Waals surface area (Å²) in [4.78, 5) is 21.7. The quantitative estimate of drug-likeness (QED) is 0.525. The fourth-order valence-electron chi connectivity index (χ4n) is 3.33. The Morgan fingerprint density at radius 3 is 2.62 bits per heavy atom. The van der Waals surface area contributed by atoms with Crippen LogP contribution in [0.3, 0.4) is 0 Å². The predicted molar refractivity (Wildman–Crippen MR) is 110 cm³/mol. The van der Waals surface area contributed by atoms with Crippen molar-refractivity contribution >= 4 is 5.65 Å². The number of H-pyrrole nitrogens is 1. The van der Waals surface area contributed by atoms with Crippen LogP contribution in [0.15, 0.2) is 65.6 Å². The van der Waals surface area contributed by atoms with Crippen LogP contribution >= 0.6 is 0 Å². The van der Waals surface area contributed by atoms with E-state index in [0.29, 0.717) is 17.9 Å². The lowest BCUT2D eigenvalue weighted by atomic mass is 10.00. The minimum Gasteiger partial charge on any atom is -0.304 e. The van der Waals surface area contributed by atoms with Gasteiger partial charge in [0.15, 0.2) is 5.65 Å². The average molecular weight is 391 g/mol. The highest BCUT2D eigenvalue weighted by atomic mass is 19.1. The van der Waals surface area contributed by atoms with Crippen molar-refractivity contribution in [2.24, 2.45) is 5.92 Å². The maximum absolute atomic E-state index is 13.1. The lowest BCUT2D eigenvalue weighted by Gasteiger charge is -2.22. The number of fused-ring (bicyclic) bond motifs is 1. The first-order valence-corrected chi connectivity index (χ1v) is 9.53. The van der Waals surface area contributed by atoms with Crippen molar-refractivity contribution in [2.45, 2.75) is 26.4 Å². The molecule has 148 valence electrons. The number of aromatic amines is 1. The molecule has 0 saturated heterocycles. The Hall–Kier alpha value is -3.32. The summed E-state index contributed by atoms with van der Waals surface area (Å²) in [5.41, 5.74) is 3.48. The summed E-state index contributed by atoms with van der Waals surface area (Å²) in [7, 11) is 0. The van der Waals surface area contributed by atoms with Crippen molar-refractivity contribution in [1.82, 2.24) is 24.9 Å². The summed E-state index contributed by atoms with van der Waals surface area (Å²) in [5, 5.41) is 6.51. The van der Waals surface area contributed by atoms with Crippen LogP contribution in [-0.4, -0.2) is 19.6 Å². The summed E-state index contributed by atoms with van der Waals surface area (Å²) in [6, 6.07) is 15.2. The second-order valence-corrected chi connectivity index (χ2v) is 7.33. The monoisotopic (exact) mass is 391 g/mol. The molecule has 7 heteroatoms. The first kappa shape index (κ1) is 19.0. The molecule has 0 aliphatic rings. The summed E-state index contributed by atoms with van der Waals surface area (Å²) in [5.74, 6) is -0.0514. The first-order chi connectivity index (χ1) is 14.0.